The maximum atomic E-state index is 14.5. The molecule has 1 atom stereocenters. The van der Waals surface area contributed by atoms with Crippen molar-refractivity contribution in [1.29, 1.82) is 0 Å². The molecule has 10 heteroatoms. The molecule has 236 valence electrons. The summed E-state index contributed by atoms with van der Waals surface area (Å²) < 4.78 is 34.8. The molecule has 8 nitrogen and oxygen atoms in total. The standard InChI is InChI=1S/C35H38ClN3O5S/c1-4-44-30-19-21-31(22-20-30)45(42,43)39(29-16-9-6-10-17-29)25-34(40)38(24-28-15-11-12-18-32(28)36)33(35(41)37-26(2)3)23-27-13-7-5-8-14-27/h5-22,26,33H,4,23-25H2,1-3H3,(H,37,41)/t33-/m0/s1. The van der Waals surface area contributed by atoms with E-state index < -0.39 is 28.5 Å². The van der Waals surface area contributed by atoms with E-state index in [9.17, 15) is 18.0 Å². The van der Waals surface area contributed by atoms with E-state index in [1.165, 1.54) is 17.0 Å². The molecule has 0 saturated carbocycles. The van der Waals surface area contributed by atoms with Crippen molar-refractivity contribution in [3.05, 3.63) is 125 Å². The fourth-order valence-electron chi connectivity index (χ4n) is 4.87. The highest BCUT2D eigenvalue weighted by Crippen LogP contribution is 2.27. The quantitative estimate of drug-likeness (QED) is 0.179. The Bertz CT molecular complexity index is 1670. The number of nitrogens with zero attached hydrogens (tertiary/aromatic N) is 2. The summed E-state index contributed by atoms with van der Waals surface area (Å²) >= 11 is 6.54. The van der Waals surface area contributed by atoms with Gasteiger partial charge in [0, 0.05) is 24.0 Å². The third-order valence-electron chi connectivity index (χ3n) is 7.05. The summed E-state index contributed by atoms with van der Waals surface area (Å²) in [6, 6.07) is 29.8. The van der Waals surface area contributed by atoms with Crippen LogP contribution in [0.4, 0.5) is 5.69 Å². The van der Waals surface area contributed by atoms with Crippen LogP contribution in [-0.4, -0.2) is 50.4 Å². The number of rotatable bonds is 14. The van der Waals surface area contributed by atoms with Gasteiger partial charge in [-0.2, -0.15) is 0 Å². The van der Waals surface area contributed by atoms with E-state index in [4.69, 9.17) is 16.3 Å². The first-order valence-electron chi connectivity index (χ1n) is 14.8. The lowest BCUT2D eigenvalue weighted by Gasteiger charge is -2.34. The van der Waals surface area contributed by atoms with Gasteiger partial charge in [0.05, 0.1) is 17.2 Å². The number of anilines is 1. The first-order chi connectivity index (χ1) is 21.6. The molecule has 0 bridgehead atoms. The molecule has 4 rings (SSSR count). The van der Waals surface area contributed by atoms with Crippen molar-refractivity contribution in [1.82, 2.24) is 10.2 Å². The van der Waals surface area contributed by atoms with E-state index in [2.05, 4.69) is 5.32 Å². The Labute approximate surface area is 270 Å². The van der Waals surface area contributed by atoms with Crippen LogP contribution in [0.3, 0.4) is 0 Å². The molecule has 0 aliphatic rings. The van der Waals surface area contributed by atoms with Crippen molar-refractivity contribution in [3.63, 3.8) is 0 Å². The molecule has 0 fully saturated rings. The Morgan fingerprint density at radius 2 is 1.44 bits per heavy atom. The molecule has 0 aliphatic carbocycles. The van der Waals surface area contributed by atoms with Crippen molar-refractivity contribution < 1.29 is 22.7 Å². The number of halogens is 1. The Balaban J connectivity index is 1.78. The van der Waals surface area contributed by atoms with E-state index in [1.54, 1.807) is 66.7 Å². The molecule has 0 saturated heterocycles. The third-order valence-corrected chi connectivity index (χ3v) is 9.20. The smallest absolute Gasteiger partial charge is 0.264 e. The Hall–Kier alpha value is -4.34. The molecular weight excluding hydrogens is 610 g/mol. The zero-order valence-corrected chi connectivity index (χ0v) is 27.2. The largest absolute Gasteiger partial charge is 0.494 e. The fourth-order valence-corrected chi connectivity index (χ4v) is 6.48. The number of carbonyl (C=O) groups excluding carboxylic acids is 2. The maximum absolute atomic E-state index is 14.5. The van der Waals surface area contributed by atoms with Crippen LogP contribution in [0.5, 0.6) is 5.75 Å². The van der Waals surface area contributed by atoms with Gasteiger partial charge in [0.25, 0.3) is 10.0 Å². The van der Waals surface area contributed by atoms with Crippen molar-refractivity contribution in [2.45, 2.75) is 50.7 Å². The monoisotopic (exact) mass is 647 g/mol. The lowest BCUT2D eigenvalue weighted by molar-refractivity contribution is -0.140. The molecule has 4 aromatic rings. The maximum Gasteiger partial charge on any atom is 0.264 e. The molecule has 1 N–H and O–H groups in total. The minimum Gasteiger partial charge on any atom is -0.494 e. The van der Waals surface area contributed by atoms with Gasteiger partial charge in [0.1, 0.15) is 18.3 Å². The van der Waals surface area contributed by atoms with Gasteiger partial charge in [-0.05, 0) is 74.4 Å². The van der Waals surface area contributed by atoms with Gasteiger partial charge < -0.3 is 15.0 Å². The van der Waals surface area contributed by atoms with E-state index >= 15 is 0 Å². The normalized spacial score (nSPS) is 11.9. The summed E-state index contributed by atoms with van der Waals surface area (Å²) in [4.78, 5) is 29.6. The predicted molar refractivity (Wildman–Crippen MR) is 178 cm³/mol. The summed E-state index contributed by atoms with van der Waals surface area (Å²) in [6.45, 7) is 5.41. The Morgan fingerprint density at radius 3 is 2.04 bits per heavy atom. The molecule has 0 unspecified atom stereocenters. The van der Waals surface area contributed by atoms with Crippen molar-refractivity contribution in [2.24, 2.45) is 0 Å². The van der Waals surface area contributed by atoms with Crippen LogP contribution in [0, 0.1) is 0 Å². The highest BCUT2D eigenvalue weighted by Gasteiger charge is 2.35. The Morgan fingerprint density at radius 1 is 0.844 bits per heavy atom. The number of amides is 2. The highest BCUT2D eigenvalue weighted by molar-refractivity contribution is 7.92. The van der Waals surface area contributed by atoms with Crippen LogP contribution in [0.15, 0.2) is 114 Å². The second-order valence-corrected chi connectivity index (χ2v) is 13.0. The van der Waals surface area contributed by atoms with E-state index in [0.717, 1.165) is 9.87 Å². The van der Waals surface area contributed by atoms with Gasteiger partial charge in [-0.15, -0.1) is 0 Å². The van der Waals surface area contributed by atoms with Crippen LogP contribution >= 0.6 is 11.6 Å². The minimum absolute atomic E-state index is 0.00125. The minimum atomic E-state index is -4.22. The molecular formula is C35H38ClN3O5S. The number of sulfonamides is 1. The molecule has 0 aromatic heterocycles. The molecule has 0 spiro atoms. The zero-order valence-electron chi connectivity index (χ0n) is 25.6. The molecule has 2 amide bonds. The zero-order chi connectivity index (χ0) is 32.4. The van der Waals surface area contributed by atoms with Gasteiger partial charge >= 0.3 is 0 Å². The van der Waals surface area contributed by atoms with Crippen molar-refractivity contribution in [3.8, 4) is 5.75 Å². The summed E-state index contributed by atoms with van der Waals surface area (Å²) in [7, 11) is -4.22. The van der Waals surface area contributed by atoms with E-state index in [1.807, 2.05) is 51.1 Å². The average Bonchev–Trinajstić information content (AvgIpc) is 3.03. The lowest BCUT2D eigenvalue weighted by Crippen LogP contribution is -2.54. The molecule has 45 heavy (non-hydrogen) atoms. The van der Waals surface area contributed by atoms with Crippen molar-refractivity contribution >= 4 is 39.1 Å². The number of nitrogens with one attached hydrogen (secondary N) is 1. The van der Waals surface area contributed by atoms with Crippen LogP contribution in [0.25, 0.3) is 0 Å². The predicted octanol–water partition coefficient (Wildman–Crippen LogP) is 6.10. The summed E-state index contributed by atoms with van der Waals surface area (Å²) in [5, 5.41) is 3.38. The van der Waals surface area contributed by atoms with Crippen molar-refractivity contribution in [2.75, 3.05) is 17.5 Å². The summed E-state index contributed by atoms with van der Waals surface area (Å²) in [6.07, 6.45) is 0.215. The molecule has 4 aromatic carbocycles. The van der Waals surface area contributed by atoms with E-state index in [-0.39, 0.29) is 29.8 Å². The van der Waals surface area contributed by atoms with Gasteiger partial charge in [0.15, 0.2) is 0 Å². The summed E-state index contributed by atoms with van der Waals surface area (Å²) in [5.41, 5.74) is 1.78. The first kappa shape index (κ1) is 33.6. The van der Waals surface area contributed by atoms with Crippen LogP contribution in [0.2, 0.25) is 5.02 Å². The van der Waals surface area contributed by atoms with Gasteiger partial charge in [0.2, 0.25) is 11.8 Å². The topological polar surface area (TPSA) is 96.0 Å². The number of benzene rings is 4. The molecule has 0 radical (unpaired) electrons. The number of hydrogen-bond acceptors (Lipinski definition) is 5. The van der Waals surface area contributed by atoms with E-state index in [0.29, 0.717) is 28.6 Å². The van der Waals surface area contributed by atoms with Gasteiger partial charge in [-0.3, -0.25) is 13.9 Å². The first-order valence-corrected chi connectivity index (χ1v) is 16.6. The average molecular weight is 648 g/mol. The van der Waals surface area contributed by atoms with Gasteiger partial charge in [-0.1, -0.05) is 78.3 Å². The third kappa shape index (κ3) is 8.86. The van der Waals surface area contributed by atoms with Crippen LogP contribution < -0.4 is 14.4 Å². The molecule has 0 aliphatic heterocycles. The number of para-hydroxylation sites is 1. The van der Waals surface area contributed by atoms with Crippen LogP contribution in [0.1, 0.15) is 31.9 Å². The summed E-state index contributed by atoms with van der Waals surface area (Å²) in [5.74, 6) is -0.382. The SMILES string of the molecule is CCOc1ccc(S(=O)(=O)N(CC(=O)N(Cc2ccccc2Cl)[C@@H](Cc2ccccc2)C(=O)NC(C)C)c2ccccc2)cc1. The number of carbonyl (C=O) groups is 2. The lowest BCUT2D eigenvalue weighted by atomic mass is 10.0. The van der Waals surface area contributed by atoms with Crippen LogP contribution in [-0.2, 0) is 32.6 Å². The second kappa shape index (κ2) is 15.6. The van der Waals surface area contributed by atoms with Gasteiger partial charge in [-0.25, -0.2) is 8.42 Å². The highest BCUT2D eigenvalue weighted by atomic mass is 35.5. The number of ether oxygens (including phenoxy) is 1. The fraction of sp³-hybridized carbons (Fsp3) is 0.257. The second-order valence-electron chi connectivity index (χ2n) is 10.7. The molecule has 0 heterocycles. The number of hydrogen-bond donors (Lipinski definition) is 1. The Kier molecular flexibility index (Phi) is 11.6.